The highest BCUT2D eigenvalue weighted by molar-refractivity contribution is 6.30. The van der Waals surface area contributed by atoms with Crippen molar-refractivity contribution in [2.45, 2.75) is 26.7 Å². The molecule has 1 heterocycles. The molecule has 19 heavy (non-hydrogen) atoms. The summed E-state index contributed by atoms with van der Waals surface area (Å²) in [4.78, 5) is 8.03. The summed E-state index contributed by atoms with van der Waals surface area (Å²) in [7, 11) is 0. The van der Waals surface area contributed by atoms with E-state index in [1.54, 1.807) is 6.07 Å². The number of nitrogens with zero attached hydrogens (tertiary/aromatic N) is 2. The normalized spacial score (nSPS) is 10.8. The molecule has 2 rings (SSSR count). The Labute approximate surface area is 116 Å². The first-order valence-electron chi connectivity index (χ1n) is 5.93. The lowest BCUT2D eigenvalue weighted by molar-refractivity contribution is 0.444. The van der Waals surface area contributed by atoms with Crippen LogP contribution in [0.1, 0.15) is 30.9 Å². The maximum Gasteiger partial charge on any atom is 0.227 e. The van der Waals surface area contributed by atoms with E-state index >= 15 is 0 Å². The van der Waals surface area contributed by atoms with Crippen molar-refractivity contribution < 1.29 is 9.13 Å². The molecule has 0 aliphatic carbocycles. The third-order valence-corrected chi connectivity index (χ3v) is 3.03. The van der Waals surface area contributed by atoms with Crippen molar-refractivity contribution in [3.63, 3.8) is 0 Å². The van der Waals surface area contributed by atoms with Gasteiger partial charge < -0.3 is 4.74 Å². The van der Waals surface area contributed by atoms with Crippen LogP contribution in [-0.4, -0.2) is 9.97 Å². The Morgan fingerprint density at radius 1 is 1.26 bits per heavy atom. The average molecular weight is 281 g/mol. The first kappa shape index (κ1) is 13.7. The Morgan fingerprint density at radius 3 is 2.68 bits per heavy atom. The molecule has 0 bridgehead atoms. The largest absolute Gasteiger partial charge is 0.438 e. The molecule has 0 fully saturated rings. The van der Waals surface area contributed by atoms with Crippen molar-refractivity contribution in [3.05, 3.63) is 46.6 Å². The van der Waals surface area contributed by atoms with Gasteiger partial charge in [-0.15, -0.1) is 0 Å². The van der Waals surface area contributed by atoms with Crippen LogP contribution in [0.4, 0.5) is 4.39 Å². The summed E-state index contributed by atoms with van der Waals surface area (Å²) in [5, 5.41) is 0.356. The molecule has 0 spiro atoms. The summed E-state index contributed by atoms with van der Waals surface area (Å²) in [6.07, 6.45) is 1.33. The van der Waals surface area contributed by atoms with Crippen molar-refractivity contribution in [1.82, 2.24) is 9.97 Å². The fourth-order valence-electron chi connectivity index (χ4n) is 1.71. The van der Waals surface area contributed by atoms with Gasteiger partial charge in [-0.25, -0.2) is 14.4 Å². The van der Waals surface area contributed by atoms with Crippen LogP contribution in [0, 0.1) is 12.7 Å². The van der Waals surface area contributed by atoms with Crippen molar-refractivity contribution in [3.8, 4) is 11.6 Å². The molecule has 0 unspecified atom stereocenters. The van der Waals surface area contributed by atoms with E-state index in [0.29, 0.717) is 22.3 Å². The molecular weight excluding hydrogens is 267 g/mol. The molecule has 0 amide bonds. The second-order valence-corrected chi connectivity index (χ2v) is 4.91. The van der Waals surface area contributed by atoms with Crippen LogP contribution in [-0.2, 0) is 0 Å². The minimum Gasteiger partial charge on any atom is -0.438 e. The minimum absolute atomic E-state index is 0.109. The Morgan fingerprint density at radius 2 is 2.00 bits per heavy atom. The molecule has 0 saturated heterocycles. The van der Waals surface area contributed by atoms with E-state index in [-0.39, 0.29) is 11.7 Å². The van der Waals surface area contributed by atoms with Gasteiger partial charge >= 0.3 is 0 Å². The van der Waals surface area contributed by atoms with Crippen molar-refractivity contribution >= 4 is 11.6 Å². The molecule has 0 aliphatic heterocycles. The molecule has 0 atom stereocenters. The van der Waals surface area contributed by atoms with E-state index in [1.807, 2.05) is 20.8 Å². The van der Waals surface area contributed by atoms with Crippen LogP contribution in [0.3, 0.4) is 0 Å². The second kappa shape index (κ2) is 5.53. The van der Waals surface area contributed by atoms with E-state index in [9.17, 15) is 4.39 Å². The number of hydrogen-bond acceptors (Lipinski definition) is 3. The lowest BCUT2D eigenvalue weighted by atomic mass is 10.1. The van der Waals surface area contributed by atoms with Crippen LogP contribution in [0.25, 0.3) is 0 Å². The van der Waals surface area contributed by atoms with Gasteiger partial charge in [0, 0.05) is 6.07 Å². The molecule has 0 aliphatic rings. The van der Waals surface area contributed by atoms with Crippen LogP contribution in [0.2, 0.25) is 5.15 Å². The van der Waals surface area contributed by atoms with Gasteiger partial charge in [-0.05, 0) is 24.5 Å². The standard InChI is InChI=1S/C14H14ClFN2O/c1-8(2)12-13(15)17-7-18-14(12)19-11-6-10(16)5-4-9(11)3/h4-8H,1-3H3. The van der Waals surface area contributed by atoms with Crippen molar-refractivity contribution in [2.24, 2.45) is 0 Å². The van der Waals surface area contributed by atoms with Gasteiger partial charge in [-0.3, -0.25) is 0 Å². The smallest absolute Gasteiger partial charge is 0.227 e. The molecule has 1 aromatic carbocycles. The lowest BCUT2D eigenvalue weighted by Crippen LogP contribution is -2.00. The molecule has 5 heteroatoms. The van der Waals surface area contributed by atoms with Crippen molar-refractivity contribution in [2.75, 3.05) is 0 Å². The Kier molecular flexibility index (Phi) is 4.00. The second-order valence-electron chi connectivity index (χ2n) is 4.55. The number of halogens is 2. The number of rotatable bonds is 3. The van der Waals surface area contributed by atoms with Crippen molar-refractivity contribution in [1.29, 1.82) is 0 Å². The Hall–Kier alpha value is -1.68. The van der Waals surface area contributed by atoms with Gasteiger partial charge in [-0.2, -0.15) is 0 Å². The number of ether oxygens (including phenoxy) is 1. The molecule has 0 radical (unpaired) electrons. The zero-order valence-corrected chi connectivity index (χ0v) is 11.7. The van der Waals surface area contributed by atoms with E-state index in [1.165, 1.54) is 18.5 Å². The van der Waals surface area contributed by atoms with Gasteiger partial charge in [0.1, 0.15) is 23.0 Å². The van der Waals surface area contributed by atoms with Gasteiger partial charge in [0.15, 0.2) is 0 Å². The van der Waals surface area contributed by atoms with Gasteiger partial charge in [0.25, 0.3) is 0 Å². The monoisotopic (exact) mass is 280 g/mol. The number of hydrogen-bond donors (Lipinski definition) is 0. The quantitative estimate of drug-likeness (QED) is 0.777. The summed E-state index contributed by atoms with van der Waals surface area (Å²) >= 11 is 6.06. The summed E-state index contributed by atoms with van der Waals surface area (Å²) in [5.41, 5.74) is 1.54. The molecule has 0 saturated carbocycles. The van der Waals surface area contributed by atoms with E-state index in [0.717, 1.165) is 5.56 Å². The first-order valence-corrected chi connectivity index (χ1v) is 6.31. The number of benzene rings is 1. The predicted octanol–water partition coefficient (Wildman–Crippen LogP) is 4.49. The van der Waals surface area contributed by atoms with Gasteiger partial charge in [0.05, 0.1) is 5.56 Å². The Bertz CT molecular complexity index is 602. The highest BCUT2D eigenvalue weighted by atomic mass is 35.5. The molecule has 0 N–H and O–H groups in total. The molecule has 2 aromatic rings. The highest BCUT2D eigenvalue weighted by Gasteiger charge is 2.16. The third-order valence-electron chi connectivity index (χ3n) is 2.73. The summed E-state index contributed by atoms with van der Waals surface area (Å²) in [5.74, 6) is 0.546. The first-order chi connectivity index (χ1) is 8.99. The maximum absolute atomic E-state index is 13.2. The molecule has 1 aromatic heterocycles. The van der Waals surface area contributed by atoms with Gasteiger partial charge in [0.2, 0.25) is 5.88 Å². The lowest BCUT2D eigenvalue weighted by Gasteiger charge is -2.14. The minimum atomic E-state index is -0.355. The van der Waals surface area contributed by atoms with Crippen LogP contribution >= 0.6 is 11.6 Å². The SMILES string of the molecule is Cc1ccc(F)cc1Oc1ncnc(Cl)c1C(C)C. The van der Waals surface area contributed by atoms with Crippen LogP contribution < -0.4 is 4.74 Å². The predicted molar refractivity (Wildman–Crippen MR) is 72.3 cm³/mol. The summed E-state index contributed by atoms with van der Waals surface area (Å²) in [6.45, 7) is 5.78. The zero-order chi connectivity index (χ0) is 14.0. The highest BCUT2D eigenvalue weighted by Crippen LogP contribution is 2.33. The van der Waals surface area contributed by atoms with Gasteiger partial charge in [-0.1, -0.05) is 31.5 Å². The van der Waals surface area contributed by atoms with E-state index in [2.05, 4.69) is 9.97 Å². The fraction of sp³-hybridized carbons (Fsp3) is 0.286. The average Bonchev–Trinajstić information content (AvgIpc) is 2.33. The molecule has 100 valence electrons. The number of aromatic nitrogens is 2. The van der Waals surface area contributed by atoms with Crippen LogP contribution in [0.15, 0.2) is 24.5 Å². The zero-order valence-electron chi connectivity index (χ0n) is 10.9. The topological polar surface area (TPSA) is 35.0 Å². The van der Waals surface area contributed by atoms with E-state index < -0.39 is 0 Å². The Balaban J connectivity index is 2.44. The van der Waals surface area contributed by atoms with Crippen LogP contribution in [0.5, 0.6) is 11.6 Å². The maximum atomic E-state index is 13.2. The summed E-state index contributed by atoms with van der Waals surface area (Å²) in [6, 6.07) is 4.37. The van der Waals surface area contributed by atoms with E-state index in [4.69, 9.17) is 16.3 Å². The number of aryl methyl sites for hydroxylation is 1. The summed E-state index contributed by atoms with van der Waals surface area (Å²) < 4.78 is 18.9. The third kappa shape index (κ3) is 3.01. The molecule has 3 nitrogen and oxygen atoms in total. The molecular formula is C14H14ClFN2O. The fourth-order valence-corrected chi connectivity index (χ4v) is 2.06.